The fourth-order valence-corrected chi connectivity index (χ4v) is 3.14. The summed E-state index contributed by atoms with van der Waals surface area (Å²) < 4.78 is 10.4. The van der Waals surface area contributed by atoms with Crippen molar-refractivity contribution in [3.05, 3.63) is 23.8 Å². The molecular formula is C16H22ClNO3. The van der Waals surface area contributed by atoms with E-state index in [0.717, 1.165) is 25.7 Å². The summed E-state index contributed by atoms with van der Waals surface area (Å²) in [6.07, 6.45) is 4.32. The molecule has 0 saturated heterocycles. The molecule has 0 bridgehead atoms. The van der Waals surface area contributed by atoms with Gasteiger partial charge in [-0.3, -0.25) is 4.79 Å². The Labute approximate surface area is 130 Å². The van der Waals surface area contributed by atoms with Gasteiger partial charge in [-0.2, -0.15) is 0 Å². The van der Waals surface area contributed by atoms with Crippen molar-refractivity contribution in [3.63, 3.8) is 0 Å². The van der Waals surface area contributed by atoms with Crippen molar-refractivity contribution in [3.8, 4) is 11.5 Å². The van der Waals surface area contributed by atoms with Gasteiger partial charge in [-0.15, -0.1) is 11.6 Å². The van der Waals surface area contributed by atoms with Crippen LogP contribution >= 0.6 is 11.6 Å². The predicted octanol–water partition coefficient (Wildman–Crippen LogP) is 3.23. The maximum atomic E-state index is 12.3. The van der Waals surface area contributed by atoms with E-state index in [1.54, 1.807) is 32.4 Å². The van der Waals surface area contributed by atoms with E-state index in [9.17, 15) is 4.79 Å². The van der Waals surface area contributed by atoms with E-state index in [0.29, 0.717) is 29.5 Å². The lowest BCUT2D eigenvalue weighted by atomic mass is 9.89. The highest BCUT2D eigenvalue weighted by molar-refractivity contribution is 6.20. The van der Waals surface area contributed by atoms with Crippen molar-refractivity contribution in [1.82, 2.24) is 5.32 Å². The summed E-state index contributed by atoms with van der Waals surface area (Å²) in [6.45, 7) is 0.664. The van der Waals surface area contributed by atoms with E-state index in [2.05, 4.69) is 5.32 Å². The Morgan fingerprint density at radius 3 is 2.81 bits per heavy atom. The Bertz CT molecular complexity index is 492. The summed E-state index contributed by atoms with van der Waals surface area (Å²) >= 11 is 6.18. The van der Waals surface area contributed by atoms with Gasteiger partial charge in [0.15, 0.2) is 0 Å². The van der Waals surface area contributed by atoms with Gasteiger partial charge in [0.2, 0.25) is 0 Å². The highest BCUT2D eigenvalue weighted by Crippen LogP contribution is 2.28. The van der Waals surface area contributed by atoms with Gasteiger partial charge in [0.05, 0.1) is 19.8 Å². The van der Waals surface area contributed by atoms with Gasteiger partial charge in [0, 0.05) is 18.0 Å². The van der Waals surface area contributed by atoms with E-state index in [-0.39, 0.29) is 11.3 Å². The van der Waals surface area contributed by atoms with Crippen molar-refractivity contribution >= 4 is 17.5 Å². The van der Waals surface area contributed by atoms with Gasteiger partial charge in [-0.1, -0.05) is 6.42 Å². The molecule has 1 aromatic rings. The van der Waals surface area contributed by atoms with Crippen LogP contribution in [-0.4, -0.2) is 32.0 Å². The molecule has 1 aromatic carbocycles. The minimum absolute atomic E-state index is 0.119. The topological polar surface area (TPSA) is 47.6 Å². The van der Waals surface area contributed by atoms with Gasteiger partial charge in [0.1, 0.15) is 11.5 Å². The first-order chi connectivity index (χ1) is 10.1. The predicted molar refractivity (Wildman–Crippen MR) is 83.5 cm³/mol. The molecule has 1 aliphatic rings. The van der Waals surface area contributed by atoms with Crippen LogP contribution in [0.1, 0.15) is 36.0 Å². The standard InChI is InChI=1S/C16H22ClNO3/c1-20-13-6-7-14(15(9-13)21-2)16(19)18-10-11-4-3-5-12(17)8-11/h6-7,9,11-12H,3-5,8,10H2,1-2H3,(H,18,19). The number of carbonyl (C=O) groups excluding carboxylic acids is 1. The first-order valence-electron chi connectivity index (χ1n) is 7.28. The third-order valence-corrected chi connectivity index (χ3v) is 4.32. The van der Waals surface area contributed by atoms with Crippen LogP contribution in [0.4, 0.5) is 0 Å². The lowest BCUT2D eigenvalue weighted by Gasteiger charge is -2.25. The lowest BCUT2D eigenvalue weighted by Crippen LogP contribution is -2.32. The molecule has 1 saturated carbocycles. The number of halogens is 1. The van der Waals surface area contributed by atoms with Crippen molar-refractivity contribution in [1.29, 1.82) is 0 Å². The number of methoxy groups -OCH3 is 2. The zero-order chi connectivity index (χ0) is 15.2. The number of benzene rings is 1. The highest BCUT2D eigenvalue weighted by Gasteiger charge is 2.21. The third kappa shape index (κ3) is 4.27. The molecular weight excluding hydrogens is 290 g/mol. The third-order valence-electron chi connectivity index (χ3n) is 3.92. The minimum Gasteiger partial charge on any atom is -0.497 e. The van der Waals surface area contributed by atoms with Crippen molar-refractivity contribution in [2.45, 2.75) is 31.1 Å². The van der Waals surface area contributed by atoms with E-state index < -0.39 is 0 Å². The Kier molecular flexibility index (Phi) is 5.74. The molecule has 1 fully saturated rings. The zero-order valence-electron chi connectivity index (χ0n) is 12.5. The molecule has 116 valence electrons. The van der Waals surface area contributed by atoms with Gasteiger partial charge in [0.25, 0.3) is 5.91 Å². The van der Waals surface area contributed by atoms with Crippen LogP contribution in [0.25, 0.3) is 0 Å². The maximum Gasteiger partial charge on any atom is 0.255 e. The number of carbonyl (C=O) groups is 1. The second-order valence-corrected chi connectivity index (χ2v) is 6.02. The second kappa shape index (κ2) is 7.55. The molecule has 2 unspecified atom stereocenters. The van der Waals surface area contributed by atoms with Gasteiger partial charge >= 0.3 is 0 Å². The number of amides is 1. The summed E-state index contributed by atoms with van der Waals surface area (Å²) in [5.41, 5.74) is 0.525. The average molecular weight is 312 g/mol. The lowest BCUT2D eigenvalue weighted by molar-refractivity contribution is 0.0940. The van der Waals surface area contributed by atoms with Crippen LogP contribution in [-0.2, 0) is 0 Å². The molecule has 2 atom stereocenters. The Hall–Kier alpha value is -1.42. The smallest absolute Gasteiger partial charge is 0.255 e. The number of ether oxygens (including phenoxy) is 2. The molecule has 2 rings (SSSR count). The highest BCUT2D eigenvalue weighted by atomic mass is 35.5. The fraction of sp³-hybridized carbons (Fsp3) is 0.562. The summed E-state index contributed by atoms with van der Waals surface area (Å²) in [7, 11) is 3.13. The molecule has 1 aliphatic carbocycles. The largest absolute Gasteiger partial charge is 0.497 e. The minimum atomic E-state index is -0.119. The summed E-state index contributed by atoms with van der Waals surface area (Å²) in [6, 6.07) is 5.19. The van der Waals surface area contributed by atoms with Crippen LogP contribution in [0.3, 0.4) is 0 Å². The number of hydrogen-bond donors (Lipinski definition) is 1. The van der Waals surface area contributed by atoms with Crippen molar-refractivity contribution < 1.29 is 14.3 Å². The molecule has 5 heteroatoms. The summed E-state index contributed by atoms with van der Waals surface area (Å²) in [5, 5.41) is 3.23. The quantitative estimate of drug-likeness (QED) is 0.849. The molecule has 0 aromatic heterocycles. The Balaban J connectivity index is 1.96. The number of hydrogen-bond acceptors (Lipinski definition) is 3. The zero-order valence-corrected chi connectivity index (χ0v) is 13.3. The molecule has 1 N–H and O–H groups in total. The van der Waals surface area contributed by atoms with Crippen LogP contribution in [0, 0.1) is 5.92 Å². The Morgan fingerprint density at radius 2 is 2.14 bits per heavy atom. The van der Waals surface area contributed by atoms with E-state index in [4.69, 9.17) is 21.1 Å². The summed E-state index contributed by atoms with van der Waals surface area (Å²) in [5.74, 6) is 1.53. The summed E-state index contributed by atoms with van der Waals surface area (Å²) in [4.78, 5) is 12.3. The van der Waals surface area contributed by atoms with E-state index in [1.165, 1.54) is 0 Å². The monoisotopic (exact) mass is 311 g/mol. The van der Waals surface area contributed by atoms with E-state index >= 15 is 0 Å². The van der Waals surface area contributed by atoms with Gasteiger partial charge in [-0.05, 0) is 37.3 Å². The van der Waals surface area contributed by atoms with Crippen LogP contribution in [0.5, 0.6) is 11.5 Å². The van der Waals surface area contributed by atoms with Crippen LogP contribution < -0.4 is 14.8 Å². The second-order valence-electron chi connectivity index (χ2n) is 5.41. The number of nitrogens with one attached hydrogen (secondary N) is 1. The molecule has 0 radical (unpaired) electrons. The van der Waals surface area contributed by atoms with Crippen molar-refractivity contribution in [2.24, 2.45) is 5.92 Å². The molecule has 0 aliphatic heterocycles. The average Bonchev–Trinajstić information content (AvgIpc) is 2.52. The molecule has 4 nitrogen and oxygen atoms in total. The molecule has 0 heterocycles. The molecule has 21 heavy (non-hydrogen) atoms. The van der Waals surface area contributed by atoms with Crippen LogP contribution in [0.15, 0.2) is 18.2 Å². The van der Waals surface area contributed by atoms with Gasteiger partial charge < -0.3 is 14.8 Å². The van der Waals surface area contributed by atoms with Crippen molar-refractivity contribution in [2.75, 3.05) is 20.8 Å². The first-order valence-corrected chi connectivity index (χ1v) is 7.72. The normalized spacial score (nSPS) is 21.7. The SMILES string of the molecule is COc1ccc(C(=O)NCC2CCCC(Cl)C2)c(OC)c1. The molecule has 1 amide bonds. The number of rotatable bonds is 5. The van der Waals surface area contributed by atoms with E-state index in [1.807, 2.05) is 0 Å². The van der Waals surface area contributed by atoms with Gasteiger partial charge in [-0.25, -0.2) is 0 Å². The fourth-order valence-electron chi connectivity index (χ4n) is 2.73. The Morgan fingerprint density at radius 1 is 1.33 bits per heavy atom. The first kappa shape index (κ1) is 16.0. The van der Waals surface area contributed by atoms with Crippen LogP contribution in [0.2, 0.25) is 0 Å². The number of alkyl halides is 1. The molecule has 0 spiro atoms. The maximum absolute atomic E-state index is 12.3.